The van der Waals surface area contributed by atoms with Crippen molar-refractivity contribution in [2.24, 2.45) is 17.8 Å². The van der Waals surface area contributed by atoms with Gasteiger partial charge in [-0.05, 0) is 106 Å². The third-order valence-corrected chi connectivity index (χ3v) is 8.28. The van der Waals surface area contributed by atoms with Gasteiger partial charge in [0, 0.05) is 0 Å². The summed E-state index contributed by atoms with van der Waals surface area (Å²) in [6.45, 7) is 21.0. The van der Waals surface area contributed by atoms with Crippen molar-refractivity contribution in [1.29, 1.82) is 0 Å². The Morgan fingerprint density at radius 1 is 0.710 bits per heavy atom. The van der Waals surface area contributed by atoms with Gasteiger partial charge in [-0.1, -0.05) is 72.6 Å². The molecule has 0 aromatic heterocycles. The SMILES string of the molecule is Cc1c(C)c(C)c2c(c1C)CCC(C)(CCCC(C)CCCC(C)CCCC(C)C)O2. The topological polar surface area (TPSA) is 9.23 Å². The molecule has 1 aromatic carbocycles. The Bertz CT molecular complexity index is 701. The average Bonchev–Trinajstić information content (AvgIpc) is 2.70. The summed E-state index contributed by atoms with van der Waals surface area (Å²) in [5, 5.41) is 0. The monoisotopic (exact) mass is 428 g/mol. The van der Waals surface area contributed by atoms with Crippen molar-refractivity contribution in [2.75, 3.05) is 0 Å². The number of fused-ring (bicyclic) bond motifs is 1. The molecule has 1 aliphatic heterocycles. The predicted molar refractivity (Wildman–Crippen MR) is 137 cm³/mol. The molecule has 0 saturated carbocycles. The lowest BCUT2D eigenvalue weighted by Gasteiger charge is -2.38. The first-order chi connectivity index (χ1) is 14.5. The van der Waals surface area contributed by atoms with Crippen LogP contribution in [0, 0.1) is 45.4 Å². The molecule has 0 radical (unpaired) electrons. The van der Waals surface area contributed by atoms with Gasteiger partial charge in [0.15, 0.2) is 0 Å². The van der Waals surface area contributed by atoms with E-state index in [1.165, 1.54) is 97.8 Å². The third kappa shape index (κ3) is 7.54. The Balaban J connectivity index is 1.74. The Hall–Kier alpha value is -0.980. The van der Waals surface area contributed by atoms with Crippen molar-refractivity contribution in [3.8, 4) is 5.75 Å². The van der Waals surface area contributed by atoms with E-state index in [1.807, 2.05) is 0 Å². The second-order valence-corrected chi connectivity index (χ2v) is 11.7. The Morgan fingerprint density at radius 3 is 1.81 bits per heavy atom. The van der Waals surface area contributed by atoms with Crippen molar-refractivity contribution in [2.45, 2.75) is 139 Å². The fraction of sp³-hybridized carbons (Fsp3) is 0.800. The molecular weight excluding hydrogens is 376 g/mol. The highest BCUT2D eigenvalue weighted by Gasteiger charge is 2.33. The Labute approximate surface area is 194 Å². The molecule has 31 heavy (non-hydrogen) atoms. The largest absolute Gasteiger partial charge is 0.487 e. The van der Waals surface area contributed by atoms with Crippen LogP contribution in [0.2, 0.25) is 0 Å². The van der Waals surface area contributed by atoms with Gasteiger partial charge in [-0.3, -0.25) is 0 Å². The van der Waals surface area contributed by atoms with Crippen molar-refractivity contribution in [1.82, 2.24) is 0 Å². The summed E-state index contributed by atoms with van der Waals surface area (Å²) in [5.41, 5.74) is 7.15. The highest BCUT2D eigenvalue weighted by atomic mass is 16.5. The quantitative estimate of drug-likeness (QED) is 0.322. The predicted octanol–water partition coefficient (Wildman–Crippen LogP) is 9.44. The molecule has 3 atom stereocenters. The van der Waals surface area contributed by atoms with Gasteiger partial charge in [0.05, 0.1) is 0 Å². The molecule has 1 heterocycles. The minimum Gasteiger partial charge on any atom is -0.487 e. The summed E-state index contributed by atoms with van der Waals surface area (Å²) in [5.74, 6) is 3.81. The number of hydrogen-bond donors (Lipinski definition) is 0. The first kappa shape index (κ1) is 26.3. The van der Waals surface area contributed by atoms with Crippen LogP contribution in [-0.2, 0) is 6.42 Å². The van der Waals surface area contributed by atoms with E-state index in [1.54, 1.807) is 0 Å². The Morgan fingerprint density at radius 2 is 1.23 bits per heavy atom. The van der Waals surface area contributed by atoms with E-state index in [0.29, 0.717) is 0 Å². The van der Waals surface area contributed by atoms with E-state index in [9.17, 15) is 0 Å². The lowest BCUT2D eigenvalue weighted by molar-refractivity contribution is 0.0513. The number of benzene rings is 1. The maximum absolute atomic E-state index is 6.72. The first-order valence-corrected chi connectivity index (χ1v) is 13.3. The fourth-order valence-corrected chi connectivity index (χ4v) is 5.46. The van der Waals surface area contributed by atoms with Crippen LogP contribution in [0.25, 0.3) is 0 Å². The Kier molecular flexibility index (Phi) is 9.97. The molecule has 0 spiro atoms. The molecule has 3 unspecified atom stereocenters. The molecule has 0 saturated heterocycles. The number of hydrogen-bond acceptors (Lipinski definition) is 1. The van der Waals surface area contributed by atoms with Crippen molar-refractivity contribution < 1.29 is 4.74 Å². The molecule has 1 nitrogen and oxygen atoms in total. The maximum atomic E-state index is 6.72. The number of rotatable bonds is 12. The average molecular weight is 429 g/mol. The maximum Gasteiger partial charge on any atom is 0.126 e. The van der Waals surface area contributed by atoms with Gasteiger partial charge in [0.25, 0.3) is 0 Å². The zero-order valence-electron chi connectivity index (χ0n) is 22.4. The third-order valence-electron chi connectivity index (χ3n) is 8.28. The van der Waals surface area contributed by atoms with Crippen LogP contribution < -0.4 is 4.74 Å². The molecule has 1 heteroatoms. The molecule has 2 rings (SSSR count). The van der Waals surface area contributed by atoms with E-state index in [4.69, 9.17) is 4.74 Å². The van der Waals surface area contributed by atoms with Crippen LogP contribution >= 0.6 is 0 Å². The van der Waals surface area contributed by atoms with Crippen LogP contribution in [0.4, 0.5) is 0 Å². The highest BCUT2D eigenvalue weighted by Crippen LogP contribution is 2.42. The lowest BCUT2D eigenvalue weighted by atomic mass is 9.83. The first-order valence-electron chi connectivity index (χ1n) is 13.3. The van der Waals surface area contributed by atoms with Crippen LogP contribution in [0.3, 0.4) is 0 Å². The summed E-state index contributed by atoms with van der Waals surface area (Å²) in [4.78, 5) is 0. The molecule has 0 fully saturated rings. The minimum absolute atomic E-state index is 0.0105. The summed E-state index contributed by atoms with van der Waals surface area (Å²) in [6, 6.07) is 0. The van der Waals surface area contributed by atoms with Gasteiger partial charge in [-0.2, -0.15) is 0 Å². The molecule has 178 valence electrons. The van der Waals surface area contributed by atoms with Gasteiger partial charge in [-0.25, -0.2) is 0 Å². The number of ether oxygens (including phenoxy) is 1. The van der Waals surface area contributed by atoms with Crippen molar-refractivity contribution in [3.63, 3.8) is 0 Å². The summed E-state index contributed by atoms with van der Waals surface area (Å²) >= 11 is 0. The van der Waals surface area contributed by atoms with Crippen molar-refractivity contribution >= 4 is 0 Å². The van der Waals surface area contributed by atoms with Gasteiger partial charge in [0.2, 0.25) is 0 Å². The minimum atomic E-state index is 0.0105. The molecule has 1 aliphatic rings. The van der Waals surface area contributed by atoms with E-state index in [2.05, 4.69) is 62.3 Å². The molecule has 0 amide bonds. The fourth-order valence-electron chi connectivity index (χ4n) is 5.46. The second kappa shape index (κ2) is 11.8. The van der Waals surface area contributed by atoms with Crippen LogP contribution in [0.1, 0.15) is 127 Å². The summed E-state index contributed by atoms with van der Waals surface area (Å²) in [6.07, 6.45) is 14.6. The van der Waals surface area contributed by atoms with Crippen LogP contribution in [0.5, 0.6) is 5.75 Å². The van der Waals surface area contributed by atoms with Gasteiger partial charge in [0.1, 0.15) is 11.4 Å². The van der Waals surface area contributed by atoms with Gasteiger partial charge < -0.3 is 4.74 Å². The van der Waals surface area contributed by atoms with Crippen LogP contribution in [-0.4, -0.2) is 5.60 Å². The molecule has 0 bridgehead atoms. The van der Waals surface area contributed by atoms with E-state index < -0.39 is 0 Å². The normalized spacial score (nSPS) is 20.5. The van der Waals surface area contributed by atoms with Crippen molar-refractivity contribution in [3.05, 3.63) is 27.8 Å². The van der Waals surface area contributed by atoms with Gasteiger partial charge in [-0.15, -0.1) is 0 Å². The van der Waals surface area contributed by atoms with Crippen LogP contribution in [0.15, 0.2) is 0 Å². The second-order valence-electron chi connectivity index (χ2n) is 11.7. The zero-order valence-corrected chi connectivity index (χ0v) is 22.4. The summed E-state index contributed by atoms with van der Waals surface area (Å²) < 4.78 is 6.72. The molecule has 1 aromatic rings. The van der Waals surface area contributed by atoms with E-state index in [0.717, 1.165) is 24.2 Å². The highest BCUT2D eigenvalue weighted by molar-refractivity contribution is 5.55. The molecule has 0 aliphatic carbocycles. The lowest BCUT2D eigenvalue weighted by Crippen LogP contribution is -2.37. The zero-order chi connectivity index (χ0) is 23.2. The standard InChI is InChI=1S/C30H52O/c1-21(2)13-10-14-22(3)15-11-16-23(4)17-12-19-30(9)20-18-28-26(7)24(5)25(6)27(8)29(28)31-30/h21-23H,10-20H2,1-9H3. The van der Waals surface area contributed by atoms with E-state index in [-0.39, 0.29) is 5.60 Å². The van der Waals surface area contributed by atoms with Gasteiger partial charge >= 0.3 is 0 Å². The van der Waals surface area contributed by atoms with E-state index >= 15 is 0 Å². The molecule has 0 N–H and O–H groups in total. The summed E-state index contributed by atoms with van der Waals surface area (Å²) in [7, 11) is 0. The smallest absolute Gasteiger partial charge is 0.126 e. The molecular formula is C30H52O.